The van der Waals surface area contributed by atoms with E-state index in [0.717, 1.165) is 11.3 Å². The highest BCUT2D eigenvalue weighted by atomic mass is 35.5. The van der Waals surface area contributed by atoms with Crippen LogP contribution < -0.4 is 10.1 Å². The van der Waals surface area contributed by atoms with E-state index in [2.05, 4.69) is 5.32 Å². The number of carbonyl (C=O) groups excluding carboxylic acids is 1. The summed E-state index contributed by atoms with van der Waals surface area (Å²) in [7, 11) is 3.44. The number of halogens is 1. The molecule has 6 heteroatoms. The molecule has 140 valence electrons. The van der Waals surface area contributed by atoms with Gasteiger partial charge in [-0.2, -0.15) is 0 Å². The highest BCUT2D eigenvalue weighted by Gasteiger charge is 2.26. The molecule has 0 fully saturated rings. The number of anilines is 1. The first-order chi connectivity index (χ1) is 13.1. The maximum Gasteiger partial charge on any atom is 0.246 e. The van der Waals surface area contributed by atoms with E-state index >= 15 is 0 Å². The number of nitrogens with one attached hydrogen (secondary N) is 1. The lowest BCUT2D eigenvalue weighted by molar-refractivity contribution is -0.121. The summed E-state index contributed by atoms with van der Waals surface area (Å²) in [5.41, 5.74) is 1.50. The SMILES string of the molecule is COc1ccc(NC(=O)[C@H](c2ccccc2)N(C)Cc2ccco2)cc1Cl. The molecule has 2 aromatic carbocycles. The fourth-order valence-electron chi connectivity index (χ4n) is 2.94. The van der Waals surface area contributed by atoms with Gasteiger partial charge in [-0.15, -0.1) is 0 Å². The maximum absolute atomic E-state index is 13.1. The van der Waals surface area contributed by atoms with E-state index in [1.165, 1.54) is 0 Å². The Balaban J connectivity index is 1.83. The predicted octanol–water partition coefficient (Wildman–Crippen LogP) is 4.75. The van der Waals surface area contributed by atoms with Crippen molar-refractivity contribution >= 4 is 23.2 Å². The van der Waals surface area contributed by atoms with Gasteiger partial charge >= 0.3 is 0 Å². The number of methoxy groups -OCH3 is 1. The van der Waals surface area contributed by atoms with Crippen LogP contribution in [-0.4, -0.2) is 25.0 Å². The number of hydrogen-bond acceptors (Lipinski definition) is 4. The van der Waals surface area contributed by atoms with Gasteiger partial charge in [0.25, 0.3) is 0 Å². The summed E-state index contributed by atoms with van der Waals surface area (Å²) in [6.07, 6.45) is 1.63. The molecule has 0 saturated heterocycles. The first-order valence-electron chi connectivity index (χ1n) is 8.50. The van der Waals surface area contributed by atoms with Crippen LogP contribution >= 0.6 is 11.6 Å². The quantitative estimate of drug-likeness (QED) is 0.638. The van der Waals surface area contributed by atoms with Crippen molar-refractivity contribution in [3.63, 3.8) is 0 Å². The lowest BCUT2D eigenvalue weighted by Crippen LogP contribution is -2.34. The van der Waals surface area contributed by atoms with Crippen molar-refractivity contribution in [1.82, 2.24) is 4.90 Å². The fourth-order valence-corrected chi connectivity index (χ4v) is 3.19. The summed E-state index contributed by atoms with van der Waals surface area (Å²) in [6.45, 7) is 0.503. The zero-order valence-electron chi connectivity index (χ0n) is 15.2. The number of amides is 1. The fraction of sp³-hybridized carbons (Fsp3) is 0.190. The molecular weight excluding hydrogens is 364 g/mol. The molecule has 5 nitrogen and oxygen atoms in total. The second-order valence-corrected chi connectivity index (χ2v) is 6.55. The smallest absolute Gasteiger partial charge is 0.246 e. The number of carbonyl (C=O) groups is 1. The van der Waals surface area contributed by atoms with Crippen LogP contribution in [0.5, 0.6) is 5.75 Å². The van der Waals surface area contributed by atoms with Crippen LogP contribution in [-0.2, 0) is 11.3 Å². The molecule has 1 N–H and O–H groups in total. The number of ether oxygens (including phenoxy) is 1. The number of rotatable bonds is 7. The third kappa shape index (κ3) is 4.70. The second kappa shape index (κ2) is 8.75. The summed E-state index contributed by atoms with van der Waals surface area (Å²) in [5, 5.41) is 3.38. The van der Waals surface area contributed by atoms with Gasteiger partial charge in [-0.05, 0) is 42.9 Å². The molecule has 0 radical (unpaired) electrons. The molecule has 0 unspecified atom stereocenters. The summed E-state index contributed by atoms with van der Waals surface area (Å²) in [5.74, 6) is 1.19. The van der Waals surface area contributed by atoms with Gasteiger partial charge in [0.15, 0.2) is 0 Å². The minimum Gasteiger partial charge on any atom is -0.495 e. The molecule has 0 aliphatic heterocycles. The van der Waals surface area contributed by atoms with Crippen LogP contribution in [0.1, 0.15) is 17.4 Å². The molecule has 0 aliphatic rings. The summed E-state index contributed by atoms with van der Waals surface area (Å²) in [4.78, 5) is 15.0. The largest absolute Gasteiger partial charge is 0.495 e. The van der Waals surface area contributed by atoms with Crippen molar-refractivity contribution in [2.24, 2.45) is 0 Å². The molecule has 0 saturated carbocycles. The number of likely N-dealkylation sites (N-methyl/N-ethyl adjacent to an activating group) is 1. The molecule has 1 amide bonds. The lowest BCUT2D eigenvalue weighted by atomic mass is 10.0. The van der Waals surface area contributed by atoms with Gasteiger partial charge in [-0.25, -0.2) is 0 Å². The first-order valence-corrected chi connectivity index (χ1v) is 8.88. The van der Waals surface area contributed by atoms with Crippen LogP contribution in [0, 0.1) is 0 Å². The van der Waals surface area contributed by atoms with Crippen molar-refractivity contribution in [3.8, 4) is 5.75 Å². The highest BCUT2D eigenvalue weighted by Crippen LogP contribution is 2.29. The van der Waals surface area contributed by atoms with E-state index < -0.39 is 6.04 Å². The summed E-state index contributed by atoms with van der Waals surface area (Å²) in [6, 6.07) is 18.0. The Hall–Kier alpha value is -2.76. The van der Waals surface area contributed by atoms with Gasteiger partial charge in [0.05, 0.1) is 24.9 Å². The van der Waals surface area contributed by atoms with Gasteiger partial charge in [0.2, 0.25) is 5.91 Å². The maximum atomic E-state index is 13.1. The lowest BCUT2D eigenvalue weighted by Gasteiger charge is -2.27. The Morgan fingerprint density at radius 3 is 2.59 bits per heavy atom. The molecule has 1 aromatic heterocycles. The van der Waals surface area contributed by atoms with Crippen molar-refractivity contribution in [3.05, 3.63) is 83.3 Å². The normalized spacial score (nSPS) is 12.0. The van der Waals surface area contributed by atoms with Gasteiger partial charge in [0.1, 0.15) is 17.6 Å². The topological polar surface area (TPSA) is 54.7 Å². The number of nitrogens with zero attached hydrogens (tertiary/aromatic N) is 1. The van der Waals surface area contributed by atoms with E-state index in [0.29, 0.717) is 23.0 Å². The average molecular weight is 385 g/mol. The number of benzene rings is 2. The Morgan fingerprint density at radius 2 is 1.96 bits per heavy atom. The first kappa shape index (κ1) is 19.0. The van der Waals surface area contributed by atoms with E-state index in [9.17, 15) is 4.79 Å². The molecule has 1 atom stereocenters. The average Bonchev–Trinajstić information content (AvgIpc) is 3.16. The minimum atomic E-state index is -0.489. The van der Waals surface area contributed by atoms with Gasteiger partial charge < -0.3 is 14.5 Å². The molecule has 27 heavy (non-hydrogen) atoms. The third-order valence-electron chi connectivity index (χ3n) is 4.21. The zero-order valence-corrected chi connectivity index (χ0v) is 15.9. The van der Waals surface area contributed by atoms with Crippen LogP contribution in [0.4, 0.5) is 5.69 Å². The monoisotopic (exact) mass is 384 g/mol. The van der Waals surface area contributed by atoms with Crippen LogP contribution in [0.25, 0.3) is 0 Å². The van der Waals surface area contributed by atoms with Crippen LogP contribution in [0.15, 0.2) is 71.3 Å². The Morgan fingerprint density at radius 1 is 1.19 bits per heavy atom. The van der Waals surface area contributed by atoms with Crippen molar-refractivity contribution < 1.29 is 13.9 Å². The minimum absolute atomic E-state index is 0.156. The summed E-state index contributed by atoms with van der Waals surface area (Å²) >= 11 is 6.17. The zero-order chi connectivity index (χ0) is 19.2. The molecule has 1 heterocycles. The Kier molecular flexibility index (Phi) is 6.16. The van der Waals surface area contributed by atoms with E-state index in [-0.39, 0.29) is 5.91 Å². The third-order valence-corrected chi connectivity index (χ3v) is 4.50. The molecule has 3 aromatic rings. The number of hydrogen-bond donors (Lipinski definition) is 1. The highest BCUT2D eigenvalue weighted by molar-refractivity contribution is 6.32. The van der Waals surface area contributed by atoms with Gasteiger partial charge in [-0.3, -0.25) is 9.69 Å². The number of furan rings is 1. The summed E-state index contributed by atoms with van der Waals surface area (Å²) < 4.78 is 10.6. The van der Waals surface area contributed by atoms with Crippen molar-refractivity contribution in [1.29, 1.82) is 0 Å². The van der Waals surface area contributed by atoms with Crippen LogP contribution in [0.3, 0.4) is 0 Å². The van der Waals surface area contributed by atoms with Crippen molar-refractivity contribution in [2.75, 3.05) is 19.5 Å². The standard InChI is InChI=1S/C21H21ClN2O3/c1-24(14-17-9-6-12-27-17)20(15-7-4-3-5-8-15)21(25)23-16-10-11-19(26-2)18(22)13-16/h3-13,20H,14H2,1-2H3,(H,23,25)/t20-/m0/s1. The molecular formula is C21H21ClN2O3. The second-order valence-electron chi connectivity index (χ2n) is 6.15. The van der Waals surface area contributed by atoms with E-state index in [4.69, 9.17) is 20.8 Å². The van der Waals surface area contributed by atoms with E-state index in [1.807, 2.05) is 54.4 Å². The Bertz CT molecular complexity index is 882. The predicted molar refractivity (Wildman–Crippen MR) is 106 cm³/mol. The van der Waals surface area contributed by atoms with Gasteiger partial charge in [0, 0.05) is 5.69 Å². The van der Waals surface area contributed by atoms with Gasteiger partial charge in [-0.1, -0.05) is 41.9 Å². The molecule has 0 spiro atoms. The van der Waals surface area contributed by atoms with Crippen LogP contribution in [0.2, 0.25) is 5.02 Å². The van der Waals surface area contributed by atoms with Crippen molar-refractivity contribution in [2.45, 2.75) is 12.6 Å². The Labute approximate surface area is 163 Å². The molecule has 3 rings (SSSR count). The molecule has 0 bridgehead atoms. The molecule has 0 aliphatic carbocycles. The van der Waals surface area contributed by atoms with E-state index in [1.54, 1.807) is 31.6 Å².